The molecule has 1 saturated heterocycles. The van der Waals surface area contributed by atoms with E-state index in [0.29, 0.717) is 6.54 Å². The van der Waals surface area contributed by atoms with Crippen LogP contribution in [0, 0.1) is 30.0 Å². The second kappa shape index (κ2) is 5.28. The highest BCUT2D eigenvalue weighted by Crippen LogP contribution is 2.63. The monoisotopic (exact) mass is 363 g/mol. The lowest BCUT2D eigenvalue weighted by molar-refractivity contribution is -0.119. The summed E-state index contributed by atoms with van der Waals surface area (Å²) in [4.78, 5) is 13.6. The molecule has 24 heavy (non-hydrogen) atoms. The highest BCUT2D eigenvalue weighted by molar-refractivity contribution is 7.85. The van der Waals surface area contributed by atoms with E-state index in [9.17, 15) is 26.6 Å². The third-order valence-electron chi connectivity index (χ3n) is 5.04. The van der Waals surface area contributed by atoms with Gasteiger partial charge in [0.25, 0.3) is 0 Å². The maximum atomic E-state index is 14.3. The third-order valence-corrected chi connectivity index (χ3v) is 6.56. The fourth-order valence-electron chi connectivity index (χ4n) is 3.57. The van der Waals surface area contributed by atoms with Crippen molar-refractivity contribution in [2.24, 2.45) is 17.3 Å². The normalized spacial score (nSPS) is 26.5. The molecule has 0 N–H and O–H groups in total. The second-order valence-corrected chi connectivity index (χ2v) is 8.45. The van der Waals surface area contributed by atoms with Gasteiger partial charge in [-0.2, -0.15) is 13.2 Å². The number of nitrogens with zero attached hydrogens (tertiary/aromatic N) is 1. The van der Waals surface area contributed by atoms with Crippen molar-refractivity contribution < 1.29 is 26.6 Å². The van der Waals surface area contributed by atoms with Crippen molar-refractivity contribution in [3.8, 4) is 0 Å². The molecule has 1 aromatic carbocycles. The van der Waals surface area contributed by atoms with E-state index in [2.05, 4.69) is 0 Å². The van der Waals surface area contributed by atoms with E-state index < -0.39 is 28.5 Å². The van der Waals surface area contributed by atoms with E-state index in [-0.39, 0.29) is 39.3 Å². The number of hydrogen-bond acceptors (Lipinski definition) is 2. The van der Waals surface area contributed by atoms with E-state index in [0.717, 1.165) is 12.1 Å². The van der Waals surface area contributed by atoms with Gasteiger partial charge in [0.15, 0.2) is 0 Å². The molecule has 8 heteroatoms. The number of rotatable bonds is 3. The Hall–Kier alpha value is -1.44. The highest BCUT2D eigenvalue weighted by Gasteiger charge is 2.67. The highest BCUT2D eigenvalue weighted by atomic mass is 32.2. The Balaban J connectivity index is 1.92. The van der Waals surface area contributed by atoms with E-state index in [4.69, 9.17) is 0 Å². The minimum Gasteiger partial charge on any atom is -0.309 e. The molecule has 1 aromatic rings. The van der Waals surface area contributed by atoms with Gasteiger partial charge in [0.05, 0.1) is 16.5 Å². The summed E-state index contributed by atoms with van der Waals surface area (Å²) in [6.45, 7) is 5.67. The van der Waals surface area contributed by atoms with E-state index in [1.807, 2.05) is 13.8 Å². The van der Waals surface area contributed by atoms with Gasteiger partial charge in [-0.25, -0.2) is 4.39 Å². The number of aryl methyl sites for hydroxylation is 1. The zero-order valence-electron chi connectivity index (χ0n) is 13.4. The Morgan fingerprint density at radius 1 is 1.33 bits per heavy atom. The standard InChI is InChI=1S/C16H17F4NO2S/c1-8-4-10(17)11(5-12(8)24(23)7-16(18,19)20)21-6-9-13(14(21)22)15(9,2)3/h4-5,9,13H,6-7H2,1-3H3/t9-,13-,24?/m0/s1. The van der Waals surface area contributed by atoms with Gasteiger partial charge in [-0.3, -0.25) is 9.00 Å². The van der Waals surface area contributed by atoms with Gasteiger partial charge in [-0.1, -0.05) is 13.8 Å². The number of benzene rings is 1. The molecule has 3 nitrogen and oxygen atoms in total. The van der Waals surface area contributed by atoms with Crippen LogP contribution >= 0.6 is 0 Å². The molecule has 0 spiro atoms. The Kier molecular flexibility index (Phi) is 3.82. The van der Waals surface area contributed by atoms with E-state index in [1.54, 1.807) is 0 Å². The fraction of sp³-hybridized carbons (Fsp3) is 0.562. The average molecular weight is 363 g/mol. The van der Waals surface area contributed by atoms with E-state index in [1.165, 1.54) is 11.8 Å². The van der Waals surface area contributed by atoms with Crippen LogP contribution in [0.1, 0.15) is 19.4 Å². The van der Waals surface area contributed by atoms with Crippen LogP contribution in [0.2, 0.25) is 0 Å². The van der Waals surface area contributed by atoms with Crippen molar-refractivity contribution in [3.05, 3.63) is 23.5 Å². The largest absolute Gasteiger partial charge is 0.400 e. The predicted octanol–water partition coefficient (Wildman–Crippen LogP) is 3.42. The van der Waals surface area contributed by atoms with Gasteiger partial charge in [-0.05, 0) is 36.0 Å². The minimum atomic E-state index is -4.58. The summed E-state index contributed by atoms with van der Waals surface area (Å²) in [6, 6.07) is 2.17. The number of fused-ring (bicyclic) bond motifs is 1. The zero-order chi connectivity index (χ0) is 18.0. The molecule has 3 rings (SSSR count). The number of piperidine rings is 1. The van der Waals surface area contributed by atoms with Crippen molar-refractivity contribution in [1.29, 1.82) is 0 Å². The third kappa shape index (κ3) is 2.74. The van der Waals surface area contributed by atoms with Crippen molar-refractivity contribution in [2.75, 3.05) is 17.2 Å². The summed E-state index contributed by atoms with van der Waals surface area (Å²) < 4.78 is 63.7. The molecular formula is C16H17F4NO2S. The summed E-state index contributed by atoms with van der Waals surface area (Å²) in [5, 5.41) is 0. The lowest BCUT2D eigenvalue weighted by Crippen LogP contribution is -2.32. The van der Waals surface area contributed by atoms with E-state index >= 15 is 0 Å². The average Bonchev–Trinajstić information content (AvgIpc) is 2.75. The van der Waals surface area contributed by atoms with Crippen LogP contribution in [0.3, 0.4) is 0 Å². The maximum Gasteiger partial charge on any atom is 0.400 e. The van der Waals surface area contributed by atoms with Crippen LogP contribution in [0.5, 0.6) is 0 Å². The van der Waals surface area contributed by atoms with Gasteiger partial charge >= 0.3 is 6.18 Å². The number of carbonyl (C=O) groups is 1. The minimum absolute atomic E-state index is 0.0841. The Morgan fingerprint density at radius 2 is 1.96 bits per heavy atom. The zero-order valence-corrected chi connectivity index (χ0v) is 14.2. The molecule has 1 aliphatic heterocycles. The molecule has 132 valence electrons. The fourth-order valence-corrected chi connectivity index (χ4v) is 4.68. The smallest absolute Gasteiger partial charge is 0.309 e. The first kappa shape index (κ1) is 17.4. The summed E-state index contributed by atoms with van der Waals surface area (Å²) in [6.07, 6.45) is -4.58. The maximum absolute atomic E-state index is 14.3. The molecule has 2 aliphatic rings. The molecule has 0 bridgehead atoms. The molecule has 1 unspecified atom stereocenters. The van der Waals surface area contributed by atoms with Crippen LogP contribution < -0.4 is 4.90 Å². The summed E-state index contributed by atoms with van der Waals surface area (Å²) in [7, 11) is -2.34. The number of carbonyl (C=O) groups excluding carboxylic acids is 1. The molecular weight excluding hydrogens is 346 g/mol. The molecule has 2 fully saturated rings. The first-order valence-corrected chi connectivity index (χ1v) is 8.82. The molecule has 0 aromatic heterocycles. The molecule has 1 heterocycles. The lowest BCUT2D eigenvalue weighted by atomic mass is 10.1. The van der Waals surface area contributed by atoms with Crippen LogP contribution in [-0.4, -0.2) is 28.6 Å². The number of halogens is 4. The van der Waals surface area contributed by atoms with Gasteiger partial charge in [0.2, 0.25) is 5.91 Å². The first-order chi connectivity index (χ1) is 10.9. The summed E-state index contributed by atoms with van der Waals surface area (Å²) >= 11 is 0. The molecule has 3 atom stereocenters. The van der Waals surface area contributed by atoms with Crippen molar-refractivity contribution >= 4 is 22.4 Å². The van der Waals surface area contributed by atoms with Gasteiger partial charge in [0.1, 0.15) is 11.6 Å². The molecule has 1 amide bonds. The Morgan fingerprint density at radius 3 is 2.46 bits per heavy atom. The van der Waals surface area contributed by atoms with Crippen molar-refractivity contribution in [3.63, 3.8) is 0 Å². The Bertz CT molecular complexity index is 744. The number of amides is 1. The van der Waals surface area contributed by atoms with Crippen LogP contribution in [0.25, 0.3) is 0 Å². The van der Waals surface area contributed by atoms with Crippen molar-refractivity contribution in [1.82, 2.24) is 0 Å². The lowest BCUT2D eigenvalue weighted by Gasteiger charge is -2.24. The van der Waals surface area contributed by atoms with Gasteiger partial charge in [-0.15, -0.1) is 0 Å². The number of anilines is 1. The summed E-state index contributed by atoms with van der Waals surface area (Å²) in [5.74, 6) is -2.46. The molecule has 1 aliphatic carbocycles. The predicted molar refractivity (Wildman–Crippen MR) is 81.6 cm³/mol. The first-order valence-electron chi connectivity index (χ1n) is 7.50. The quantitative estimate of drug-likeness (QED) is 0.772. The summed E-state index contributed by atoms with van der Waals surface area (Å²) in [5.41, 5.74) is -0.0217. The SMILES string of the molecule is Cc1cc(F)c(N2C[C@H]3[C@@H](C2=O)C3(C)C)cc1S(=O)CC(F)(F)F. The van der Waals surface area contributed by atoms with Gasteiger partial charge < -0.3 is 4.90 Å². The van der Waals surface area contributed by atoms with Crippen LogP contribution in [0.4, 0.5) is 23.2 Å². The van der Waals surface area contributed by atoms with Gasteiger partial charge in [0, 0.05) is 17.4 Å². The Labute approximate surface area is 139 Å². The molecule has 0 radical (unpaired) electrons. The van der Waals surface area contributed by atoms with Crippen LogP contribution in [-0.2, 0) is 15.6 Å². The van der Waals surface area contributed by atoms with Crippen LogP contribution in [0.15, 0.2) is 17.0 Å². The van der Waals surface area contributed by atoms with Crippen molar-refractivity contribution in [2.45, 2.75) is 31.8 Å². The second-order valence-electron chi connectivity index (χ2n) is 7.03. The number of alkyl halides is 3. The topological polar surface area (TPSA) is 37.4 Å². The number of hydrogen-bond donors (Lipinski definition) is 0. The molecule has 1 saturated carbocycles.